The van der Waals surface area contributed by atoms with E-state index in [1.165, 1.54) is 44.6 Å². The fourth-order valence-corrected chi connectivity index (χ4v) is 4.57. The molecule has 10 heteroatoms. The van der Waals surface area contributed by atoms with Crippen molar-refractivity contribution in [3.63, 3.8) is 0 Å². The van der Waals surface area contributed by atoms with Crippen molar-refractivity contribution in [3.8, 4) is 0 Å². The lowest BCUT2D eigenvalue weighted by Gasteiger charge is -2.18. The summed E-state index contributed by atoms with van der Waals surface area (Å²) in [7, 11) is -4.81. The van der Waals surface area contributed by atoms with Gasteiger partial charge in [0.1, 0.15) is 6.61 Å². The molecule has 0 saturated heterocycles. The van der Waals surface area contributed by atoms with Crippen LogP contribution in [0, 0.1) is 5.92 Å². The average Bonchev–Trinajstić information content (AvgIpc) is 2.97. The molecular weight excluding hydrogens is 595 g/mol. The van der Waals surface area contributed by atoms with Crippen LogP contribution in [0.25, 0.3) is 0 Å². The van der Waals surface area contributed by atoms with E-state index in [1.807, 2.05) is 6.08 Å². The summed E-state index contributed by atoms with van der Waals surface area (Å²) in [5, 5.41) is 0. The van der Waals surface area contributed by atoms with Crippen LogP contribution in [0.3, 0.4) is 0 Å². The first-order valence-electron chi connectivity index (χ1n) is 16.7. The highest BCUT2D eigenvalue weighted by Gasteiger charge is 2.23. The first-order chi connectivity index (χ1) is 21.5. The lowest BCUT2D eigenvalue weighted by atomic mass is 10.0. The second-order valence-corrected chi connectivity index (χ2v) is 12.9. The lowest BCUT2D eigenvalue weighted by Crippen LogP contribution is -2.29. The molecule has 9 nitrogen and oxygen atoms in total. The second kappa shape index (κ2) is 29.1. The van der Waals surface area contributed by atoms with E-state index in [0.29, 0.717) is 6.42 Å². The van der Waals surface area contributed by atoms with Gasteiger partial charge in [0.2, 0.25) is 0 Å². The quantitative estimate of drug-likeness (QED) is 0.0203. The molecule has 0 fully saturated rings. The van der Waals surface area contributed by atoms with Gasteiger partial charge in [-0.15, -0.1) is 0 Å². The molecule has 0 heterocycles. The number of ether oxygens (including phenoxy) is 2. The van der Waals surface area contributed by atoms with Gasteiger partial charge >= 0.3 is 19.8 Å². The van der Waals surface area contributed by atoms with Gasteiger partial charge in [-0.1, -0.05) is 115 Å². The maximum Gasteiger partial charge on any atom is 0.469 e. The smallest absolute Gasteiger partial charge is 0.462 e. The summed E-state index contributed by atoms with van der Waals surface area (Å²) in [5.41, 5.74) is 0. The summed E-state index contributed by atoms with van der Waals surface area (Å²) in [5.74, 6) is -0.570. The van der Waals surface area contributed by atoms with Gasteiger partial charge in [-0.05, 0) is 50.5 Å². The highest BCUT2D eigenvalue weighted by atomic mass is 31.2. The van der Waals surface area contributed by atoms with Crippen LogP contribution in [0.2, 0.25) is 0 Å². The zero-order valence-corrected chi connectivity index (χ0v) is 28.8. The fraction of sp³-hybridized carbons (Fsp3) is 0.686. The predicted molar refractivity (Wildman–Crippen MR) is 179 cm³/mol. The number of hydrogen-bond donors (Lipinski definition) is 2. The summed E-state index contributed by atoms with van der Waals surface area (Å²) in [4.78, 5) is 54.5. The molecule has 0 aromatic carbocycles. The Hall–Kier alpha value is -2.32. The molecule has 0 unspecified atom stereocenters. The molecule has 45 heavy (non-hydrogen) atoms. The third kappa shape index (κ3) is 32.9. The van der Waals surface area contributed by atoms with Crippen molar-refractivity contribution >= 4 is 25.5 Å². The molecule has 0 amide bonds. The Labute approximate surface area is 271 Å². The van der Waals surface area contributed by atoms with Crippen molar-refractivity contribution < 1.29 is 42.7 Å². The van der Waals surface area contributed by atoms with E-state index in [4.69, 9.17) is 19.3 Å². The predicted octanol–water partition coefficient (Wildman–Crippen LogP) is 8.65. The van der Waals surface area contributed by atoms with Crippen LogP contribution in [0.4, 0.5) is 0 Å². The van der Waals surface area contributed by atoms with Crippen LogP contribution >= 0.6 is 7.82 Å². The maximum atomic E-state index is 12.3. The van der Waals surface area contributed by atoms with Crippen LogP contribution in [0.5, 0.6) is 0 Å². The topological polar surface area (TPSA) is 136 Å². The van der Waals surface area contributed by atoms with Crippen LogP contribution in [0.15, 0.2) is 48.6 Å². The number of phosphoric ester groups is 1. The number of allylic oxidation sites excluding steroid dienone is 8. The molecule has 0 radical (unpaired) electrons. The largest absolute Gasteiger partial charge is 0.469 e. The molecule has 0 bridgehead atoms. The number of phosphoric acid groups is 1. The summed E-state index contributed by atoms with van der Waals surface area (Å²) in [6.07, 6.45) is 28.8. The molecular formula is C35H59O9P. The van der Waals surface area contributed by atoms with Gasteiger partial charge in [0.25, 0.3) is 0 Å². The molecule has 0 aliphatic rings. The first-order valence-corrected chi connectivity index (χ1v) is 18.3. The summed E-state index contributed by atoms with van der Waals surface area (Å²) < 4.78 is 26.0. The molecule has 258 valence electrons. The van der Waals surface area contributed by atoms with Gasteiger partial charge in [0, 0.05) is 19.3 Å². The lowest BCUT2D eigenvalue weighted by molar-refractivity contribution is -0.161. The van der Waals surface area contributed by atoms with Gasteiger partial charge in [0.15, 0.2) is 11.9 Å². The van der Waals surface area contributed by atoms with Crippen molar-refractivity contribution in [1.29, 1.82) is 0 Å². The van der Waals surface area contributed by atoms with Crippen molar-refractivity contribution in [2.45, 2.75) is 136 Å². The number of ketones is 1. The molecule has 0 aromatic rings. The number of hydrogen-bond acceptors (Lipinski definition) is 7. The standard InChI is InChI=1S/C35H59O9P/c1-4-5-6-7-8-9-10-11-12-13-14-18-21-25-32(36)26-23-28-35(38)44-33(30-43-45(39,40)41)29-42-34(37)27-22-19-16-15-17-20-24-31(2)3/h8-9,11-12,14,18,21,25,31,33H,4-7,10,13,15-17,19-20,22-24,26-30H2,1-3H3,(H2,39,40,41)/b9-8-,12-11-,18-14-,25-21+/t33-/m1/s1. The van der Waals surface area contributed by atoms with Crippen molar-refractivity contribution in [2.75, 3.05) is 13.2 Å². The van der Waals surface area contributed by atoms with Crippen LogP contribution < -0.4 is 0 Å². The minimum absolute atomic E-state index is 0.0786. The number of carbonyl (C=O) groups is 3. The summed E-state index contributed by atoms with van der Waals surface area (Å²) in [6.45, 7) is 5.63. The average molecular weight is 655 g/mol. The summed E-state index contributed by atoms with van der Waals surface area (Å²) in [6, 6.07) is 0. The molecule has 0 rings (SSSR count). The summed E-state index contributed by atoms with van der Waals surface area (Å²) >= 11 is 0. The molecule has 0 aliphatic heterocycles. The zero-order chi connectivity index (χ0) is 33.6. The molecule has 0 aliphatic carbocycles. The third-order valence-electron chi connectivity index (χ3n) is 6.75. The van der Waals surface area contributed by atoms with Gasteiger partial charge in [-0.25, -0.2) is 4.57 Å². The van der Waals surface area contributed by atoms with Gasteiger partial charge in [-0.3, -0.25) is 18.9 Å². The third-order valence-corrected chi connectivity index (χ3v) is 7.24. The molecule has 1 atom stereocenters. The van der Waals surface area contributed by atoms with E-state index >= 15 is 0 Å². The Morgan fingerprint density at radius 3 is 2.04 bits per heavy atom. The van der Waals surface area contributed by atoms with Crippen LogP contribution in [-0.2, 0) is 32.9 Å². The minimum atomic E-state index is -4.81. The van der Waals surface area contributed by atoms with Gasteiger partial charge in [0.05, 0.1) is 6.61 Å². The Kier molecular flexibility index (Phi) is 27.6. The van der Waals surface area contributed by atoms with Crippen molar-refractivity contribution in [3.05, 3.63) is 48.6 Å². The van der Waals surface area contributed by atoms with Gasteiger partial charge < -0.3 is 19.3 Å². The molecule has 0 aromatic heterocycles. The first kappa shape index (κ1) is 42.7. The minimum Gasteiger partial charge on any atom is -0.462 e. The Morgan fingerprint density at radius 2 is 1.36 bits per heavy atom. The Morgan fingerprint density at radius 1 is 0.711 bits per heavy atom. The molecule has 0 spiro atoms. The molecule has 2 N–H and O–H groups in total. The van der Waals surface area contributed by atoms with E-state index < -0.39 is 32.5 Å². The number of rotatable bonds is 29. The highest BCUT2D eigenvalue weighted by molar-refractivity contribution is 7.46. The van der Waals surface area contributed by atoms with E-state index in [0.717, 1.165) is 44.4 Å². The van der Waals surface area contributed by atoms with Crippen LogP contribution in [-0.4, -0.2) is 46.8 Å². The van der Waals surface area contributed by atoms with E-state index in [-0.39, 0.29) is 38.1 Å². The van der Waals surface area contributed by atoms with E-state index in [1.54, 1.807) is 12.2 Å². The monoisotopic (exact) mass is 654 g/mol. The zero-order valence-electron chi connectivity index (χ0n) is 27.9. The second-order valence-electron chi connectivity index (χ2n) is 11.7. The maximum absolute atomic E-state index is 12.3. The van der Waals surface area contributed by atoms with Crippen molar-refractivity contribution in [2.24, 2.45) is 5.92 Å². The number of esters is 2. The van der Waals surface area contributed by atoms with Crippen molar-refractivity contribution in [1.82, 2.24) is 0 Å². The Balaban J connectivity index is 4.28. The number of carbonyl (C=O) groups excluding carboxylic acids is 3. The van der Waals surface area contributed by atoms with E-state index in [9.17, 15) is 18.9 Å². The Bertz CT molecular complexity index is 947. The SMILES string of the molecule is CCCCC/C=C\C/C=C\C/C=C\C=C\C(=O)CCCC(=O)O[C@H](COC(=O)CCCCCCCCC(C)C)COP(=O)(O)O. The normalized spacial score (nSPS) is 13.1. The van der Waals surface area contributed by atoms with Gasteiger partial charge in [-0.2, -0.15) is 0 Å². The van der Waals surface area contributed by atoms with Crippen LogP contribution in [0.1, 0.15) is 130 Å². The molecule has 0 saturated carbocycles. The number of unbranched alkanes of at least 4 members (excludes halogenated alkanes) is 8. The van der Waals surface area contributed by atoms with E-state index in [2.05, 4.69) is 49.6 Å². The fourth-order valence-electron chi connectivity index (χ4n) is 4.21. The highest BCUT2D eigenvalue weighted by Crippen LogP contribution is 2.35.